The highest BCUT2D eigenvalue weighted by atomic mass is 35.5. The molecule has 0 fully saturated rings. The molecule has 40 heavy (non-hydrogen) atoms. The van der Waals surface area contributed by atoms with Gasteiger partial charge in [0.05, 0.1) is 20.6 Å². The maximum absolute atomic E-state index is 14.1. The Bertz CT molecular complexity index is 1440. The average Bonchev–Trinajstić information content (AvgIpc) is 2.93. The summed E-state index contributed by atoms with van der Waals surface area (Å²) in [6.45, 7) is 5.58. The predicted octanol–water partition coefficient (Wildman–Crippen LogP) is 6.42. The van der Waals surface area contributed by atoms with Gasteiger partial charge in [-0.2, -0.15) is 0 Å². The van der Waals surface area contributed by atoms with E-state index < -0.39 is 28.5 Å². The lowest BCUT2D eigenvalue weighted by atomic mass is 10.1. The van der Waals surface area contributed by atoms with Crippen LogP contribution in [0.4, 0.5) is 5.69 Å². The zero-order chi connectivity index (χ0) is 29.4. The number of benzene rings is 3. The molecule has 0 aliphatic carbocycles. The lowest BCUT2D eigenvalue weighted by Crippen LogP contribution is -2.52. The predicted molar refractivity (Wildman–Crippen MR) is 161 cm³/mol. The molecule has 2 amide bonds. The Hall–Kier alpha value is -2.78. The van der Waals surface area contributed by atoms with E-state index in [1.807, 2.05) is 13.8 Å². The van der Waals surface area contributed by atoms with Crippen LogP contribution in [-0.4, -0.2) is 44.3 Å². The molecule has 1 N–H and O–H groups in total. The summed E-state index contributed by atoms with van der Waals surface area (Å²) in [6, 6.07) is 18.3. The minimum Gasteiger partial charge on any atom is -0.354 e. The first-order valence-corrected chi connectivity index (χ1v) is 15.4. The summed E-state index contributed by atoms with van der Waals surface area (Å²) in [5.74, 6) is -0.712. The van der Waals surface area contributed by atoms with E-state index in [1.165, 1.54) is 35.2 Å². The maximum atomic E-state index is 14.1. The zero-order valence-corrected chi connectivity index (χ0v) is 25.6. The molecule has 0 saturated heterocycles. The number of amides is 2. The van der Waals surface area contributed by atoms with Crippen LogP contribution in [-0.2, 0) is 26.2 Å². The molecule has 11 heteroatoms. The first-order valence-electron chi connectivity index (χ1n) is 12.8. The SMILES string of the molecule is CCC(C(=O)NCC(C)C)N(Cc1ccccc1Cl)C(=O)CN(c1ccc(Cl)c(Cl)c1)S(=O)(=O)c1ccccc1. The molecule has 3 rings (SSSR count). The lowest BCUT2D eigenvalue weighted by molar-refractivity contribution is -0.140. The highest BCUT2D eigenvalue weighted by molar-refractivity contribution is 7.92. The van der Waals surface area contributed by atoms with Crippen LogP contribution in [0.15, 0.2) is 77.7 Å². The third kappa shape index (κ3) is 7.91. The second-order valence-corrected chi connectivity index (χ2v) is 12.7. The van der Waals surface area contributed by atoms with Gasteiger partial charge in [0, 0.05) is 18.1 Å². The lowest BCUT2D eigenvalue weighted by Gasteiger charge is -2.33. The fourth-order valence-electron chi connectivity index (χ4n) is 4.04. The fraction of sp³-hybridized carbons (Fsp3) is 0.310. The summed E-state index contributed by atoms with van der Waals surface area (Å²) in [4.78, 5) is 28.7. The molecule has 214 valence electrons. The summed E-state index contributed by atoms with van der Waals surface area (Å²) in [5.41, 5.74) is 0.779. The third-order valence-corrected chi connectivity index (χ3v) is 9.07. The van der Waals surface area contributed by atoms with Crippen molar-refractivity contribution in [1.29, 1.82) is 0 Å². The van der Waals surface area contributed by atoms with Gasteiger partial charge in [0.15, 0.2) is 0 Å². The summed E-state index contributed by atoms with van der Waals surface area (Å²) >= 11 is 18.7. The molecular weight excluding hydrogens is 593 g/mol. The number of nitrogens with zero attached hydrogens (tertiary/aromatic N) is 2. The van der Waals surface area contributed by atoms with E-state index in [1.54, 1.807) is 49.4 Å². The molecule has 1 atom stereocenters. The molecule has 3 aromatic rings. The average molecular weight is 625 g/mol. The number of sulfonamides is 1. The summed E-state index contributed by atoms with van der Waals surface area (Å²) in [6.07, 6.45) is 0.304. The Morgan fingerprint density at radius 1 is 0.875 bits per heavy atom. The zero-order valence-electron chi connectivity index (χ0n) is 22.5. The first kappa shape index (κ1) is 31.7. The molecule has 0 aliphatic rings. The largest absolute Gasteiger partial charge is 0.354 e. The van der Waals surface area contributed by atoms with E-state index in [9.17, 15) is 18.0 Å². The summed E-state index contributed by atoms with van der Waals surface area (Å²) in [5, 5.41) is 3.69. The number of carbonyl (C=O) groups is 2. The normalized spacial score (nSPS) is 12.2. The van der Waals surface area contributed by atoms with Crippen LogP contribution in [0.3, 0.4) is 0 Å². The Kier molecular flexibility index (Phi) is 11.3. The Labute approximate surface area is 251 Å². The molecule has 0 saturated carbocycles. The molecule has 0 bridgehead atoms. The molecule has 3 aromatic carbocycles. The first-order chi connectivity index (χ1) is 18.9. The Morgan fingerprint density at radius 2 is 1.52 bits per heavy atom. The summed E-state index contributed by atoms with van der Waals surface area (Å²) < 4.78 is 28.6. The maximum Gasteiger partial charge on any atom is 0.264 e. The van der Waals surface area contributed by atoms with Gasteiger partial charge in [-0.05, 0) is 54.3 Å². The molecule has 0 aromatic heterocycles. The van der Waals surface area contributed by atoms with Gasteiger partial charge < -0.3 is 10.2 Å². The fourth-order valence-corrected chi connectivity index (χ4v) is 5.96. The molecule has 1 unspecified atom stereocenters. The third-order valence-electron chi connectivity index (χ3n) is 6.17. The van der Waals surface area contributed by atoms with E-state index >= 15 is 0 Å². The van der Waals surface area contributed by atoms with Crippen LogP contribution in [0.5, 0.6) is 0 Å². The molecular formula is C29H32Cl3N3O4S. The van der Waals surface area contributed by atoms with Crippen LogP contribution < -0.4 is 9.62 Å². The molecule has 7 nitrogen and oxygen atoms in total. The van der Waals surface area contributed by atoms with Crippen LogP contribution in [0, 0.1) is 5.92 Å². The van der Waals surface area contributed by atoms with Crippen molar-refractivity contribution in [3.05, 3.63) is 93.4 Å². The van der Waals surface area contributed by atoms with E-state index in [2.05, 4.69) is 5.32 Å². The summed E-state index contributed by atoms with van der Waals surface area (Å²) in [7, 11) is -4.21. The minimum atomic E-state index is -4.21. The number of hydrogen-bond acceptors (Lipinski definition) is 4. The number of hydrogen-bond donors (Lipinski definition) is 1. The van der Waals surface area contributed by atoms with Gasteiger partial charge in [0.25, 0.3) is 10.0 Å². The number of rotatable bonds is 12. The van der Waals surface area contributed by atoms with E-state index in [4.69, 9.17) is 34.8 Å². The van der Waals surface area contributed by atoms with Gasteiger partial charge in [-0.1, -0.05) is 92.0 Å². The van der Waals surface area contributed by atoms with Gasteiger partial charge >= 0.3 is 0 Å². The van der Waals surface area contributed by atoms with Crippen molar-refractivity contribution < 1.29 is 18.0 Å². The van der Waals surface area contributed by atoms with Crippen molar-refractivity contribution in [2.75, 3.05) is 17.4 Å². The van der Waals surface area contributed by atoms with Gasteiger partial charge in [0.1, 0.15) is 12.6 Å². The van der Waals surface area contributed by atoms with Crippen LogP contribution in [0.2, 0.25) is 15.1 Å². The van der Waals surface area contributed by atoms with Crippen molar-refractivity contribution in [2.45, 2.75) is 44.7 Å². The highest BCUT2D eigenvalue weighted by Gasteiger charge is 2.34. The standard InChI is InChI=1S/C29H32Cl3N3O4S/c1-4-27(29(37)33-17-20(2)3)34(18-21-10-8-9-13-24(21)30)28(36)19-35(22-14-15-25(31)26(32)16-22)40(38,39)23-11-6-5-7-12-23/h5-16,20,27H,4,17-19H2,1-3H3,(H,33,37). The van der Waals surface area contributed by atoms with Crippen LogP contribution in [0.1, 0.15) is 32.8 Å². The van der Waals surface area contributed by atoms with E-state index in [0.717, 1.165) is 4.31 Å². The minimum absolute atomic E-state index is 0.00626. The monoisotopic (exact) mass is 623 g/mol. The Morgan fingerprint density at radius 3 is 2.12 bits per heavy atom. The van der Waals surface area contributed by atoms with Crippen molar-refractivity contribution in [3.8, 4) is 0 Å². The van der Waals surface area contributed by atoms with Gasteiger partial charge in [0.2, 0.25) is 11.8 Å². The Balaban J connectivity index is 2.07. The second-order valence-electron chi connectivity index (χ2n) is 9.60. The van der Waals surface area contributed by atoms with Gasteiger partial charge in [-0.3, -0.25) is 13.9 Å². The van der Waals surface area contributed by atoms with Crippen LogP contribution in [0.25, 0.3) is 0 Å². The van der Waals surface area contributed by atoms with Gasteiger partial charge in [-0.25, -0.2) is 8.42 Å². The van der Waals surface area contributed by atoms with Crippen molar-refractivity contribution in [1.82, 2.24) is 10.2 Å². The second kappa shape index (κ2) is 14.2. The quantitative estimate of drug-likeness (QED) is 0.252. The number of nitrogens with one attached hydrogen (secondary N) is 1. The number of carbonyl (C=O) groups excluding carboxylic acids is 2. The molecule has 0 aliphatic heterocycles. The van der Waals surface area contributed by atoms with E-state index in [0.29, 0.717) is 23.6 Å². The molecule has 0 heterocycles. The van der Waals surface area contributed by atoms with Crippen LogP contribution >= 0.6 is 34.8 Å². The highest BCUT2D eigenvalue weighted by Crippen LogP contribution is 2.31. The van der Waals surface area contributed by atoms with Crippen molar-refractivity contribution in [2.24, 2.45) is 5.92 Å². The number of halogens is 3. The van der Waals surface area contributed by atoms with Crippen molar-refractivity contribution >= 4 is 62.3 Å². The topological polar surface area (TPSA) is 86.8 Å². The van der Waals surface area contributed by atoms with E-state index in [-0.39, 0.29) is 39.0 Å². The van der Waals surface area contributed by atoms with Gasteiger partial charge in [-0.15, -0.1) is 0 Å². The number of anilines is 1. The smallest absolute Gasteiger partial charge is 0.264 e. The molecule has 0 radical (unpaired) electrons. The van der Waals surface area contributed by atoms with Crippen molar-refractivity contribution in [3.63, 3.8) is 0 Å². The molecule has 0 spiro atoms.